The molecule has 1 unspecified atom stereocenters. The lowest BCUT2D eigenvalue weighted by Gasteiger charge is -2.23. The Kier molecular flexibility index (Phi) is 4.43. The fourth-order valence-electron chi connectivity index (χ4n) is 2.16. The van der Waals surface area contributed by atoms with E-state index >= 15 is 0 Å². The summed E-state index contributed by atoms with van der Waals surface area (Å²) in [5.41, 5.74) is 5.54. The van der Waals surface area contributed by atoms with Crippen LogP contribution in [0.15, 0.2) is 28.3 Å². The molecule has 3 N–H and O–H groups in total. The molecule has 9 heteroatoms. The molecule has 0 aromatic heterocycles. The van der Waals surface area contributed by atoms with Crippen molar-refractivity contribution in [3.05, 3.63) is 28.2 Å². The molecule has 20 heavy (non-hydrogen) atoms. The van der Waals surface area contributed by atoms with Crippen molar-refractivity contribution in [3.63, 3.8) is 0 Å². The van der Waals surface area contributed by atoms with E-state index in [0.29, 0.717) is 19.4 Å². The Morgan fingerprint density at radius 2 is 2.10 bits per heavy atom. The third-order valence-electron chi connectivity index (χ3n) is 3.16. The lowest BCUT2D eigenvalue weighted by atomic mass is 10.2. The molecule has 0 saturated carbocycles. The van der Waals surface area contributed by atoms with E-state index in [1.54, 1.807) is 0 Å². The van der Waals surface area contributed by atoms with Crippen molar-refractivity contribution in [3.8, 4) is 0 Å². The number of hydrogen-bond donors (Lipinski definition) is 2. The molecular weight excluding hydrogens is 325 g/mol. The summed E-state index contributed by atoms with van der Waals surface area (Å²) in [7, 11) is -3.76. The van der Waals surface area contributed by atoms with E-state index in [4.69, 9.17) is 34.1 Å². The predicted octanol–water partition coefficient (Wildman–Crippen LogP) is 1.89. The maximum Gasteiger partial charge on any atom is 0.243 e. The van der Waals surface area contributed by atoms with Crippen LogP contribution >= 0.6 is 23.2 Å². The van der Waals surface area contributed by atoms with Gasteiger partial charge in [0.05, 0.1) is 21.0 Å². The number of rotatable bonds is 3. The second kappa shape index (κ2) is 5.77. The van der Waals surface area contributed by atoms with Crippen LogP contribution in [0.5, 0.6) is 0 Å². The molecule has 1 saturated heterocycles. The fraction of sp³-hybridized carbons (Fsp3) is 0.364. The molecule has 0 bridgehead atoms. The third-order valence-corrected chi connectivity index (χ3v) is 5.80. The highest BCUT2D eigenvalue weighted by Crippen LogP contribution is 2.30. The number of hydrogen-bond acceptors (Lipinski definition) is 4. The molecule has 0 radical (unpaired) electrons. The molecule has 0 spiro atoms. The largest absolute Gasteiger partial charge is 0.409 e. The van der Waals surface area contributed by atoms with Gasteiger partial charge in [-0.05, 0) is 31.0 Å². The van der Waals surface area contributed by atoms with E-state index in [2.05, 4.69) is 5.16 Å². The summed E-state index contributed by atoms with van der Waals surface area (Å²) < 4.78 is 26.3. The summed E-state index contributed by atoms with van der Waals surface area (Å²) in [6.45, 7) is 0.309. The molecule has 110 valence electrons. The van der Waals surface area contributed by atoms with E-state index in [-0.39, 0.29) is 20.8 Å². The molecule has 1 atom stereocenters. The van der Waals surface area contributed by atoms with E-state index in [0.717, 1.165) is 0 Å². The van der Waals surface area contributed by atoms with Gasteiger partial charge in [0.1, 0.15) is 0 Å². The maximum atomic E-state index is 12.6. The summed E-state index contributed by atoms with van der Waals surface area (Å²) in [6, 6.07) is 3.46. The van der Waals surface area contributed by atoms with Gasteiger partial charge in [-0.1, -0.05) is 28.4 Å². The Morgan fingerprint density at radius 1 is 1.40 bits per heavy atom. The molecule has 6 nitrogen and oxygen atoms in total. The minimum Gasteiger partial charge on any atom is -0.409 e. The van der Waals surface area contributed by atoms with E-state index in [1.807, 2.05) is 0 Å². The van der Waals surface area contributed by atoms with Gasteiger partial charge < -0.3 is 10.9 Å². The Balaban J connectivity index is 2.41. The quantitative estimate of drug-likeness (QED) is 0.381. The Morgan fingerprint density at radius 3 is 2.70 bits per heavy atom. The van der Waals surface area contributed by atoms with Crippen LogP contribution in [-0.2, 0) is 10.0 Å². The molecular formula is C11H13Cl2N3O3S. The lowest BCUT2D eigenvalue weighted by molar-refractivity contribution is 0.311. The van der Waals surface area contributed by atoms with Crippen LogP contribution in [0, 0.1) is 0 Å². The minimum atomic E-state index is -3.76. The van der Waals surface area contributed by atoms with Crippen LogP contribution < -0.4 is 5.73 Å². The van der Waals surface area contributed by atoms with Gasteiger partial charge in [-0.25, -0.2) is 8.42 Å². The van der Waals surface area contributed by atoms with Crippen molar-refractivity contribution >= 4 is 39.1 Å². The number of halogens is 2. The zero-order chi connectivity index (χ0) is 14.9. The Hall–Kier alpha value is -1.02. The number of nitrogens with two attached hydrogens (primary N) is 1. The molecule has 1 aliphatic rings. The molecule has 0 amide bonds. The normalized spacial score (nSPS) is 21.3. The first-order chi connectivity index (χ1) is 9.37. The summed E-state index contributed by atoms with van der Waals surface area (Å²) in [5.74, 6) is -0.119. The molecule has 1 heterocycles. The standard InChI is InChI=1S/C11H13Cl2N3O3S/c12-8-4-3-7(6-9(8)13)20(18,19)16-5-1-2-10(16)11(14)15-17/h3-4,6,10,17H,1-2,5H2,(H2,14,15). The Labute approximate surface area is 126 Å². The topological polar surface area (TPSA) is 96.0 Å². The van der Waals surface area contributed by atoms with E-state index < -0.39 is 16.1 Å². The number of benzene rings is 1. The molecule has 1 aliphatic heterocycles. The first-order valence-corrected chi connectivity index (χ1v) is 8.02. The van der Waals surface area contributed by atoms with Gasteiger partial charge in [0.25, 0.3) is 0 Å². The zero-order valence-corrected chi connectivity index (χ0v) is 12.7. The number of oxime groups is 1. The van der Waals surface area contributed by atoms with E-state index in [1.165, 1.54) is 22.5 Å². The highest BCUT2D eigenvalue weighted by molar-refractivity contribution is 7.89. The van der Waals surface area contributed by atoms with Crippen molar-refractivity contribution in [2.75, 3.05) is 6.54 Å². The third kappa shape index (κ3) is 2.71. The van der Waals surface area contributed by atoms with E-state index in [9.17, 15) is 8.42 Å². The monoisotopic (exact) mass is 337 g/mol. The fourth-order valence-corrected chi connectivity index (χ4v) is 4.22. The first kappa shape index (κ1) is 15.4. The second-order valence-electron chi connectivity index (χ2n) is 4.37. The smallest absolute Gasteiger partial charge is 0.243 e. The molecule has 1 fully saturated rings. The van der Waals surface area contributed by atoms with Gasteiger partial charge in [0, 0.05) is 6.54 Å². The number of amidine groups is 1. The highest BCUT2D eigenvalue weighted by Gasteiger charge is 2.37. The zero-order valence-electron chi connectivity index (χ0n) is 10.3. The summed E-state index contributed by atoms with van der Waals surface area (Å²) in [6.07, 6.45) is 1.15. The van der Waals surface area contributed by atoms with Crippen molar-refractivity contribution in [2.24, 2.45) is 10.9 Å². The van der Waals surface area contributed by atoms with Crippen LogP contribution in [0.25, 0.3) is 0 Å². The average molecular weight is 338 g/mol. The van der Waals surface area contributed by atoms with Gasteiger partial charge in [0.2, 0.25) is 10.0 Å². The number of nitrogens with zero attached hydrogens (tertiary/aromatic N) is 2. The average Bonchev–Trinajstić information content (AvgIpc) is 2.90. The van der Waals surface area contributed by atoms with Gasteiger partial charge >= 0.3 is 0 Å². The van der Waals surface area contributed by atoms with Gasteiger partial charge in [-0.15, -0.1) is 0 Å². The molecule has 1 aromatic rings. The summed E-state index contributed by atoms with van der Waals surface area (Å²) in [4.78, 5) is 0.0320. The summed E-state index contributed by atoms with van der Waals surface area (Å²) >= 11 is 11.6. The minimum absolute atomic E-state index is 0.0320. The first-order valence-electron chi connectivity index (χ1n) is 5.82. The van der Waals surface area contributed by atoms with Crippen molar-refractivity contribution < 1.29 is 13.6 Å². The highest BCUT2D eigenvalue weighted by atomic mass is 35.5. The second-order valence-corrected chi connectivity index (χ2v) is 7.08. The lowest BCUT2D eigenvalue weighted by Crippen LogP contribution is -2.43. The Bertz CT molecular complexity index is 648. The van der Waals surface area contributed by atoms with Gasteiger partial charge in [0.15, 0.2) is 5.84 Å². The van der Waals surface area contributed by atoms with Crippen molar-refractivity contribution in [2.45, 2.75) is 23.8 Å². The van der Waals surface area contributed by atoms with Crippen molar-refractivity contribution in [1.82, 2.24) is 4.31 Å². The SMILES string of the molecule is NC(=NO)C1CCCN1S(=O)(=O)c1ccc(Cl)c(Cl)c1. The molecule has 2 rings (SSSR count). The predicted molar refractivity (Wildman–Crippen MR) is 76.8 cm³/mol. The summed E-state index contributed by atoms with van der Waals surface area (Å²) in [5, 5.41) is 12.1. The number of sulfonamides is 1. The van der Waals surface area contributed by atoms with Crippen LogP contribution in [-0.4, -0.2) is 36.4 Å². The van der Waals surface area contributed by atoms with Crippen LogP contribution in [0.3, 0.4) is 0 Å². The maximum absolute atomic E-state index is 12.6. The molecule has 1 aromatic carbocycles. The van der Waals surface area contributed by atoms with Crippen LogP contribution in [0.1, 0.15) is 12.8 Å². The molecule has 0 aliphatic carbocycles. The van der Waals surface area contributed by atoms with Gasteiger partial charge in [-0.2, -0.15) is 4.31 Å². The van der Waals surface area contributed by atoms with Gasteiger partial charge in [-0.3, -0.25) is 0 Å². The van der Waals surface area contributed by atoms with Crippen molar-refractivity contribution in [1.29, 1.82) is 0 Å². The van der Waals surface area contributed by atoms with Crippen LogP contribution in [0.2, 0.25) is 10.0 Å². The van der Waals surface area contributed by atoms with Crippen LogP contribution in [0.4, 0.5) is 0 Å².